The predicted molar refractivity (Wildman–Crippen MR) is 194 cm³/mol. The standard InChI is InChI=1S/C37H57N5O10/c1-24(35(49)50)20-26(38)21-25-12-13-29(43)28(22-25)41-34(48)27(40-30(44)11-9-18-42-32(46)14-15-33(42)47)10-7-8-17-39-31(45)23-37(4,5)52-19-16-36(2,3)51-6/h12-15,22,24,26-27,43H,7-11,16-21,23,38H2,1-6H3,(H,39,45)(H,40,44)(H,41,48)(H,49,50)/t24?,26-,27+/m1/s1. The Hall–Kier alpha value is -4.34. The molecule has 0 radical (unpaired) electrons. The van der Waals surface area contributed by atoms with Crippen LogP contribution in [0.3, 0.4) is 0 Å². The molecule has 1 heterocycles. The highest BCUT2D eigenvalue weighted by atomic mass is 16.5. The third-order valence-corrected chi connectivity index (χ3v) is 8.81. The van der Waals surface area contributed by atoms with Gasteiger partial charge in [-0.2, -0.15) is 0 Å². The Kier molecular flexibility index (Phi) is 17.4. The quantitative estimate of drug-likeness (QED) is 0.0515. The fraction of sp³-hybridized carbons (Fsp3) is 0.622. The number of methoxy groups -OCH3 is 1. The molecule has 0 bridgehead atoms. The highest BCUT2D eigenvalue weighted by Crippen LogP contribution is 2.26. The van der Waals surface area contributed by atoms with Crippen molar-refractivity contribution in [2.45, 2.75) is 116 Å². The normalized spacial score (nSPS) is 14.9. The van der Waals surface area contributed by atoms with Crippen molar-refractivity contribution in [2.24, 2.45) is 11.7 Å². The number of phenols is 1. The summed E-state index contributed by atoms with van der Waals surface area (Å²) in [6.45, 7) is 10.0. The Morgan fingerprint density at radius 3 is 2.29 bits per heavy atom. The second-order valence-electron chi connectivity index (χ2n) is 14.5. The van der Waals surface area contributed by atoms with Crippen LogP contribution in [0.15, 0.2) is 30.4 Å². The molecule has 5 amide bonds. The molecule has 1 aliphatic heterocycles. The number of rotatable bonds is 24. The Morgan fingerprint density at radius 2 is 1.65 bits per heavy atom. The number of imide groups is 1. The zero-order chi connectivity index (χ0) is 39.1. The topological polar surface area (TPSA) is 227 Å². The zero-order valence-corrected chi connectivity index (χ0v) is 31.3. The Morgan fingerprint density at radius 1 is 0.981 bits per heavy atom. The molecule has 1 unspecified atom stereocenters. The van der Waals surface area contributed by atoms with Crippen molar-refractivity contribution < 1.29 is 48.5 Å². The van der Waals surface area contributed by atoms with Crippen molar-refractivity contribution >= 4 is 41.2 Å². The van der Waals surface area contributed by atoms with Crippen LogP contribution in [-0.2, 0) is 44.7 Å². The van der Waals surface area contributed by atoms with Gasteiger partial charge in [-0.05, 0) is 90.3 Å². The lowest BCUT2D eigenvalue weighted by molar-refractivity contribution is -0.141. The minimum Gasteiger partial charge on any atom is -0.506 e. The molecule has 2 rings (SSSR count). The van der Waals surface area contributed by atoms with Gasteiger partial charge in [0.25, 0.3) is 11.8 Å². The average molecular weight is 732 g/mol. The van der Waals surface area contributed by atoms with Gasteiger partial charge in [0, 0.05) is 44.8 Å². The number of nitrogens with one attached hydrogen (secondary N) is 3. The van der Waals surface area contributed by atoms with Crippen LogP contribution in [-0.4, -0.2) is 101 Å². The van der Waals surface area contributed by atoms with Crippen LogP contribution >= 0.6 is 0 Å². The van der Waals surface area contributed by atoms with Gasteiger partial charge in [-0.1, -0.05) is 13.0 Å². The molecule has 0 aliphatic carbocycles. The molecule has 1 aliphatic rings. The summed E-state index contributed by atoms with van der Waals surface area (Å²) in [5, 5.41) is 28.0. The van der Waals surface area contributed by atoms with Gasteiger partial charge in [-0.3, -0.25) is 33.7 Å². The highest BCUT2D eigenvalue weighted by Gasteiger charge is 2.27. The number of nitrogens with two attached hydrogens (primary N) is 1. The Balaban J connectivity index is 1.99. The van der Waals surface area contributed by atoms with E-state index in [-0.39, 0.29) is 61.6 Å². The summed E-state index contributed by atoms with van der Waals surface area (Å²) in [5.41, 5.74) is 5.91. The van der Waals surface area contributed by atoms with Gasteiger partial charge in [0.05, 0.1) is 35.8 Å². The summed E-state index contributed by atoms with van der Waals surface area (Å²) in [7, 11) is 1.64. The van der Waals surface area contributed by atoms with Crippen molar-refractivity contribution in [3.05, 3.63) is 35.9 Å². The van der Waals surface area contributed by atoms with Crippen molar-refractivity contribution in [1.82, 2.24) is 15.5 Å². The van der Waals surface area contributed by atoms with Crippen LogP contribution in [0.5, 0.6) is 5.75 Å². The number of aliphatic carboxylic acids is 1. The van der Waals surface area contributed by atoms with Gasteiger partial charge in [0.2, 0.25) is 17.7 Å². The SMILES string of the molecule is COC(C)(C)CCOC(C)(C)CC(=O)NCCCC[C@H](NC(=O)CCCN1C(=O)C=CC1=O)C(=O)Nc1cc(C[C@H](N)CC(C)C(=O)O)ccc1O. The first-order valence-electron chi connectivity index (χ1n) is 17.7. The van der Waals surface area contributed by atoms with E-state index < -0.39 is 53.2 Å². The van der Waals surface area contributed by atoms with Gasteiger partial charge in [0.1, 0.15) is 11.8 Å². The predicted octanol–water partition coefficient (Wildman–Crippen LogP) is 2.79. The van der Waals surface area contributed by atoms with E-state index in [1.54, 1.807) is 26.2 Å². The first kappa shape index (κ1) is 43.8. The van der Waals surface area contributed by atoms with E-state index >= 15 is 0 Å². The largest absolute Gasteiger partial charge is 0.506 e. The maximum atomic E-state index is 13.5. The van der Waals surface area contributed by atoms with E-state index in [1.807, 2.05) is 27.7 Å². The second-order valence-corrected chi connectivity index (χ2v) is 14.5. The minimum absolute atomic E-state index is 0.0505. The number of hydrogen-bond donors (Lipinski definition) is 6. The minimum atomic E-state index is -1.01. The first-order valence-corrected chi connectivity index (χ1v) is 17.7. The molecule has 52 heavy (non-hydrogen) atoms. The smallest absolute Gasteiger partial charge is 0.306 e. The Bertz CT molecular complexity index is 1430. The van der Waals surface area contributed by atoms with E-state index in [0.717, 1.165) is 4.90 Å². The molecule has 290 valence electrons. The lowest BCUT2D eigenvalue weighted by atomic mass is 9.96. The number of carboxylic acids is 1. The number of nitrogens with zero attached hydrogens (tertiary/aromatic N) is 1. The molecule has 0 saturated heterocycles. The fourth-order valence-electron chi connectivity index (χ4n) is 5.43. The van der Waals surface area contributed by atoms with E-state index in [0.29, 0.717) is 44.4 Å². The number of aromatic hydroxyl groups is 1. The van der Waals surface area contributed by atoms with Crippen LogP contribution in [0.1, 0.15) is 91.5 Å². The maximum Gasteiger partial charge on any atom is 0.306 e. The number of ether oxygens (including phenoxy) is 2. The van der Waals surface area contributed by atoms with E-state index in [9.17, 15) is 39.0 Å². The molecule has 0 spiro atoms. The molecular formula is C37H57N5O10. The molecule has 0 aromatic heterocycles. The number of phenolic OH excluding ortho intramolecular Hbond substituents is 1. The molecule has 3 atom stereocenters. The Labute approximate surface area is 306 Å². The molecule has 0 saturated carbocycles. The van der Waals surface area contributed by atoms with Crippen molar-refractivity contribution in [3.63, 3.8) is 0 Å². The molecule has 1 aromatic rings. The van der Waals surface area contributed by atoms with Crippen LogP contribution < -0.4 is 21.7 Å². The van der Waals surface area contributed by atoms with E-state index in [2.05, 4.69) is 16.0 Å². The summed E-state index contributed by atoms with van der Waals surface area (Å²) in [4.78, 5) is 74.9. The summed E-state index contributed by atoms with van der Waals surface area (Å²) in [6.07, 6.45) is 5.01. The van der Waals surface area contributed by atoms with Crippen LogP contribution in [0.25, 0.3) is 0 Å². The molecule has 15 nitrogen and oxygen atoms in total. The third kappa shape index (κ3) is 15.9. The highest BCUT2D eigenvalue weighted by molar-refractivity contribution is 6.12. The summed E-state index contributed by atoms with van der Waals surface area (Å²) in [6, 6.07) is 3.10. The molecule has 7 N–H and O–H groups in total. The van der Waals surface area contributed by atoms with Crippen LogP contribution in [0, 0.1) is 5.92 Å². The monoisotopic (exact) mass is 731 g/mol. The number of carboxylic acid groups (broad SMARTS) is 1. The first-order chi connectivity index (χ1) is 24.3. The fourth-order valence-corrected chi connectivity index (χ4v) is 5.43. The number of unbranched alkanes of at least 4 members (excludes halogenated alkanes) is 1. The number of carbonyl (C=O) groups is 6. The summed E-state index contributed by atoms with van der Waals surface area (Å²) < 4.78 is 11.3. The third-order valence-electron chi connectivity index (χ3n) is 8.81. The second kappa shape index (κ2) is 20.6. The van der Waals surface area contributed by atoms with Gasteiger partial charge in [-0.25, -0.2) is 0 Å². The summed E-state index contributed by atoms with van der Waals surface area (Å²) >= 11 is 0. The summed E-state index contributed by atoms with van der Waals surface area (Å²) in [5.74, 6) is -3.93. The lowest BCUT2D eigenvalue weighted by Crippen LogP contribution is -2.44. The number of amides is 5. The van der Waals surface area contributed by atoms with E-state index in [1.165, 1.54) is 18.2 Å². The lowest BCUT2D eigenvalue weighted by Gasteiger charge is -2.28. The number of anilines is 1. The molecule has 1 aromatic carbocycles. The van der Waals surface area contributed by atoms with Gasteiger partial charge >= 0.3 is 5.97 Å². The van der Waals surface area contributed by atoms with Crippen molar-refractivity contribution in [3.8, 4) is 5.75 Å². The number of benzene rings is 1. The zero-order valence-electron chi connectivity index (χ0n) is 31.3. The van der Waals surface area contributed by atoms with E-state index in [4.69, 9.17) is 15.2 Å². The number of carbonyl (C=O) groups excluding carboxylic acids is 5. The van der Waals surface area contributed by atoms with Gasteiger partial charge in [-0.15, -0.1) is 0 Å². The van der Waals surface area contributed by atoms with Crippen LogP contribution in [0.2, 0.25) is 0 Å². The number of hydrogen-bond acceptors (Lipinski definition) is 10. The molecule has 0 fully saturated rings. The van der Waals surface area contributed by atoms with Gasteiger partial charge < -0.3 is 41.4 Å². The van der Waals surface area contributed by atoms with Crippen LogP contribution in [0.4, 0.5) is 5.69 Å². The van der Waals surface area contributed by atoms with Gasteiger partial charge in [0.15, 0.2) is 0 Å². The van der Waals surface area contributed by atoms with Crippen molar-refractivity contribution in [1.29, 1.82) is 0 Å². The molecule has 15 heteroatoms. The van der Waals surface area contributed by atoms with Crippen molar-refractivity contribution in [2.75, 3.05) is 32.1 Å². The molecular weight excluding hydrogens is 674 g/mol. The average Bonchev–Trinajstić information content (AvgIpc) is 3.37. The maximum absolute atomic E-state index is 13.5.